The lowest BCUT2D eigenvalue weighted by molar-refractivity contribution is -0.267. The fourth-order valence-corrected chi connectivity index (χ4v) is 2.09. The van der Waals surface area contributed by atoms with Crippen molar-refractivity contribution in [2.24, 2.45) is 0 Å². The second-order valence-corrected chi connectivity index (χ2v) is 4.73. The normalized spacial score (nSPS) is 34.1. The fraction of sp³-hybridized carbons (Fsp3) is 0.833. The highest BCUT2D eigenvalue weighted by atomic mass is 16.6. The van der Waals surface area contributed by atoms with Gasteiger partial charge in [0.25, 0.3) is 0 Å². The molecule has 0 saturated carbocycles. The smallest absolute Gasteiger partial charge is 0.334 e. The SMILES string of the molecule is COC(=O)[C@@H](C)O[C@H]1C(NC(C)=O)C(O)OC(CO)[C@H]1O. The number of rotatable bonds is 5. The Morgan fingerprint density at radius 1 is 1.38 bits per heavy atom. The van der Waals surface area contributed by atoms with Crippen LogP contribution in [0.4, 0.5) is 0 Å². The monoisotopic (exact) mass is 307 g/mol. The molecule has 3 unspecified atom stereocenters. The highest BCUT2D eigenvalue weighted by Crippen LogP contribution is 2.23. The van der Waals surface area contributed by atoms with Gasteiger partial charge in [0.15, 0.2) is 12.4 Å². The highest BCUT2D eigenvalue weighted by molar-refractivity contribution is 5.74. The summed E-state index contributed by atoms with van der Waals surface area (Å²) in [5, 5.41) is 31.5. The van der Waals surface area contributed by atoms with Gasteiger partial charge in [-0.25, -0.2) is 4.79 Å². The summed E-state index contributed by atoms with van der Waals surface area (Å²) in [5.74, 6) is -1.15. The van der Waals surface area contributed by atoms with Crippen molar-refractivity contribution in [1.29, 1.82) is 0 Å². The number of ether oxygens (including phenoxy) is 3. The molecule has 1 amide bonds. The molecule has 0 bridgehead atoms. The number of carbonyl (C=O) groups excluding carboxylic acids is 2. The minimum absolute atomic E-state index is 0.475. The topological polar surface area (TPSA) is 135 Å². The van der Waals surface area contributed by atoms with E-state index in [9.17, 15) is 19.8 Å². The summed E-state index contributed by atoms with van der Waals surface area (Å²) in [7, 11) is 1.18. The van der Waals surface area contributed by atoms with Crippen LogP contribution in [0.25, 0.3) is 0 Å². The van der Waals surface area contributed by atoms with Crippen LogP contribution in [0.5, 0.6) is 0 Å². The maximum atomic E-state index is 11.4. The molecular formula is C12H21NO8. The van der Waals surface area contributed by atoms with E-state index in [0.717, 1.165) is 0 Å². The van der Waals surface area contributed by atoms with Crippen molar-refractivity contribution in [2.45, 2.75) is 50.6 Å². The summed E-state index contributed by atoms with van der Waals surface area (Å²) in [6.45, 7) is 2.06. The highest BCUT2D eigenvalue weighted by Gasteiger charge is 2.46. The molecule has 1 aliphatic heterocycles. The van der Waals surface area contributed by atoms with Crippen molar-refractivity contribution in [3.05, 3.63) is 0 Å². The van der Waals surface area contributed by atoms with Crippen LogP contribution < -0.4 is 5.32 Å². The molecule has 1 saturated heterocycles. The largest absolute Gasteiger partial charge is 0.467 e. The zero-order chi connectivity index (χ0) is 16.2. The van der Waals surface area contributed by atoms with Crippen LogP contribution in [0, 0.1) is 0 Å². The number of amides is 1. The van der Waals surface area contributed by atoms with Crippen LogP contribution in [0.2, 0.25) is 0 Å². The molecule has 0 aliphatic carbocycles. The van der Waals surface area contributed by atoms with Crippen LogP contribution in [0.15, 0.2) is 0 Å². The molecule has 1 aliphatic rings. The van der Waals surface area contributed by atoms with Gasteiger partial charge >= 0.3 is 5.97 Å². The van der Waals surface area contributed by atoms with Gasteiger partial charge in [0, 0.05) is 6.92 Å². The summed E-state index contributed by atoms with van der Waals surface area (Å²) in [4.78, 5) is 22.6. The molecule has 1 rings (SSSR count). The first-order chi connectivity index (χ1) is 9.81. The Kier molecular flexibility index (Phi) is 6.49. The van der Waals surface area contributed by atoms with Gasteiger partial charge in [-0.05, 0) is 6.92 Å². The third kappa shape index (κ3) is 4.35. The quantitative estimate of drug-likeness (QED) is 0.410. The number of hydrogen-bond acceptors (Lipinski definition) is 8. The molecule has 0 spiro atoms. The Labute approximate surface area is 121 Å². The number of aliphatic hydroxyl groups excluding tert-OH is 3. The van der Waals surface area contributed by atoms with Gasteiger partial charge in [0.05, 0.1) is 13.7 Å². The van der Waals surface area contributed by atoms with Gasteiger partial charge in [-0.2, -0.15) is 0 Å². The maximum Gasteiger partial charge on any atom is 0.334 e. The first-order valence-corrected chi connectivity index (χ1v) is 6.44. The van der Waals surface area contributed by atoms with Crippen molar-refractivity contribution >= 4 is 11.9 Å². The number of methoxy groups -OCH3 is 1. The molecule has 9 heteroatoms. The second-order valence-electron chi connectivity index (χ2n) is 4.73. The lowest BCUT2D eigenvalue weighted by Crippen LogP contribution is -2.65. The number of nitrogens with one attached hydrogen (secondary N) is 1. The summed E-state index contributed by atoms with van der Waals surface area (Å²) >= 11 is 0. The molecule has 21 heavy (non-hydrogen) atoms. The van der Waals surface area contributed by atoms with Gasteiger partial charge < -0.3 is 34.8 Å². The minimum Gasteiger partial charge on any atom is -0.467 e. The molecule has 1 fully saturated rings. The van der Waals surface area contributed by atoms with Crippen LogP contribution >= 0.6 is 0 Å². The van der Waals surface area contributed by atoms with E-state index in [1.54, 1.807) is 0 Å². The summed E-state index contributed by atoms with van der Waals surface area (Å²) < 4.78 is 14.9. The zero-order valence-electron chi connectivity index (χ0n) is 12.1. The molecule has 9 nitrogen and oxygen atoms in total. The first kappa shape index (κ1) is 17.8. The molecule has 4 N–H and O–H groups in total. The van der Waals surface area contributed by atoms with E-state index in [0.29, 0.717) is 0 Å². The Morgan fingerprint density at radius 2 is 2.00 bits per heavy atom. The van der Waals surface area contributed by atoms with Crippen molar-refractivity contribution in [3.8, 4) is 0 Å². The van der Waals surface area contributed by atoms with Gasteiger partial charge in [-0.15, -0.1) is 0 Å². The van der Waals surface area contributed by atoms with Crippen molar-refractivity contribution in [3.63, 3.8) is 0 Å². The second kappa shape index (κ2) is 7.66. The summed E-state index contributed by atoms with van der Waals surface area (Å²) in [6, 6.07) is -1.09. The van der Waals surface area contributed by atoms with E-state index in [4.69, 9.17) is 14.6 Å². The van der Waals surface area contributed by atoms with Gasteiger partial charge in [-0.3, -0.25) is 4.79 Å². The number of aliphatic hydroxyl groups is 3. The van der Waals surface area contributed by atoms with E-state index in [2.05, 4.69) is 10.1 Å². The molecule has 0 aromatic heterocycles. The van der Waals surface area contributed by atoms with Crippen molar-refractivity contribution in [2.75, 3.05) is 13.7 Å². The van der Waals surface area contributed by atoms with Crippen LogP contribution in [-0.4, -0.2) is 77.7 Å². The average Bonchev–Trinajstić information content (AvgIpc) is 2.44. The molecule has 6 atom stereocenters. The lowest BCUT2D eigenvalue weighted by atomic mass is 9.96. The molecule has 1 heterocycles. The van der Waals surface area contributed by atoms with Crippen LogP contribution in [0.3, 0.4) is 0 Å². The maximum absolute atomic E-state index is 11.4. The van der Waals surface area contributed by atoms with Gasteiger partial charge in [0.2, 0.25) is 5.91 Å². The first-order valence-electron chi connectivity index (χ1n) is 6.44. The third-order valence-corrected chi connectivity index (χ3v) is 3.14. The minimum atomic E-state index is -1.50. The Hall–Kier alpha value is -1.26. The zero-order valence-corrected chi connectivity index (χ0v) is 12.1. The van der Waals surface area contributed by atoms with Crippen LogP contribution in [-0.2, 0) is 23.8 Å². The average molecular weight is 307 g/mol. The fourth-order valence-electron chi connectivity index (χ4n) is 2.09. The predicted molar refractivity (Wildman–Crippen MR) is 67.9 cm³/mol. The summed E-state index contributed by atoms with van der Waals surface area (Å²) in [6.07, 6.45) is -6.12. The standard InChI is InChI=1S/C12H21NO8/c1-5(11(17)19-3)20-10-8(13-6(2)15)12(18)21-7(4-14)9(10)16/h5,7-10,12,14,16,18H,4H2,1-3H3,(H,13,15)/t5-,7?,8?,9-,10+,12?/m1/s1. The van der Waals surface area contributed by atoms with Crippen LogP contribution in [0.1, 0.15) is 13.8 Å². The summed E-state index contributed by atoms with van der Waals surface area (Å²) in [5.41, 5.74) is 0. The number of carbonyl (C=O) groups is 2. The Balaban J connectivity index is 2.92. The lowest BCUT2D eigenvalue weighted by Gasteiger charge is -2.43. The Bertz CT molecular complexity index is 376. The third-order valence-electron chi connectivity index (χ3n) is 3.14. The van der Waals surface area contributed by atoms with E-state index in [1.807, 2.05) is 0 Å². The van der Waals surface area contributed by atoms with Crippen molar-refractivity contribution < 1.29 is 39.1 Å². The number of hydrogen-bond donors (Lipinski definition) is 4. The molecule has 122 valence electrons. The molecule has 0 aromatic carbocycles. The predicted octanol–water partition coefficient (Wildman–Crippen LogP) is -2.49. The Morgan fingerprint density at radius 3 is 2.48 bits per heavy atom. The van der Waals surface area contributed by atoms with Gasteiger partial charge in [-0.1, -0.05) is 0 Å². The van der Waals surface area contributed by atoms with E-state index in [-0.39, 0.29) is 0 Å². The van der Waals surface area contributed by atoms with E-state index in [1.165, 1.54) is 21.0 Å². The van der Waals surface area contributed by atoms with E-state index < -0.39 is 55.2 Å². The number of esters is 1. The van der Waals surface area contributed by atoms with Gasteiger partial charge in [0.1, 0.15) is 24.4 Å². The molecule has 0 aromatic rings. The van der Waals surface area contributed by atoms with E-state index >= 15 is 0 Å². The molecule has 0 radical (unpaired) electrons. The molecular weight excluding hydrogens is 286 g/mol. The van der Waals surface area contributed by atoms with Crippen molar-refractivity contribution in [1.82, 2.24) is 5.32 Å².